The van der Waals surface area contributed by atoms with E-state index in [1.54, 1.807) is 0 Å². The third-order valence-corrected chi connectivity index (χ3v) is 14.1. The molecule has 1 aromatic carbocycles. The molecule has 0 aromatic heterocycles. The number of hydrogen-bond acceptors (Lipinski definition) is 7. The van der Waals surface area contributed by atoms with Gasteiger partial charge < -0.3 is 14.6 Å². The molecule has 3 rings (SSSR count). The molecule has 2 fully saturated rings. The fourth-order valence-corrected chi connectivity index (χ4v) is 9.95. The molecule has 2 aliphatic rings. The predicted molar refractivity (Wildman–Crippen MR) is 220 cm³/mol. The average molecular weight is 741 g/mol. The largest absolute Gasteiger partial charge is 0.507 e. The van der Waals surface area contributed by atoms with Gasteiger partial charge in [-0.25, -0.2) is 0 Å². The van der Waals surface area contributed by atoms with Gasteiger partial charge in [-0.1, -0.05) is 101 Å². The van der Waals surface area contributed by atoms with Gasteiger partial charge in [-0.2, -0.15) is 0 Å². The first-order valence-corrected chi connectivity index (χ1v) is 21.0. The van der Waals surface area contributed by atoms with Crippen LogP contribution in [0.2, 0.25) is 0 Å². The molecular formula is C46H80N2O5. The molecule has 0 saturated carbocycles. The number of nitrogens with zero attached hydrogens (tertiary/aromatic N) is 2. The standard InChI is InChI=1S/C46H80N2O5/c1-18-23-24-46(27-32-25-35(40(6,7)8)37(49)36(26-32)41(9,10)11,38(50)52-33-28-42(12,13)47(16)44(19-2,20-3)30-33)39(51)53-34-29-43(14,15)48(17)45(21-4,22-5)31-34/h25-26,33-34,49H,18-24,27-31H2,1-17H3. The van der Waals surface area contributed by atoms with Gasteiger partial charge in [-0.3, -0.25) is 19.4 Å². The summed E-state index contributed by atoms with van der Waals surface area (Å²) in [6, 6.07) is 4.03. The maximum absolute atomic E-state index is 15.3. The smallest absolute Gasteiger partial charge is 0.324 e. The van der Waals surface area contributed by atoms with Crippen LogP contribution in [0.3, 0.4) is 0 Å². The highest BCUT2D eigenvalue weighted by Gasteiger charge is 2.55. The Bertz CT molecular complexity index is 1330. The number of carbonyl (C=O) groups is 2. The van der Waals surface area contributed by atoms with Crippen LogP contribution in [0.15, 0.2) is 12.1 Å². The van der Waals surface area contributed by atoms with Gasteiger partial charge >= 0.3 is 11.9 Å². The topological polar surface area (TPSA) is 79.3 Å². The number of ether oxygens (including phenoxy) is 2. The van der Waals surface area contributed by atoms with Gasteiger partial charge in [0, 0.05) is 47.8 Å². The van der Waals surface area contributed by atoms with Crippen molar-refractivity contribution in [1.29, 1.82) is 0 Å². The summed E-state index contributed by atoms with van der Waals surface area (Å²) in [5.74, 6) is -0.643. The summed E-state index contributed by atoms with van der Waals surface area (Å²) < 4.78 is 13.4. The van der Waals surface area contributed by atoms with E-state index in [9.17, 15) is 5.11 Å². The summed E-state index contributed by atoms with van der Waals surface area (Å²) in [6.07, 6.45) is 7.96. The maximum atomic E-state index is 15.3. The lowest BCUT2D eigenvalue weighted by Crippen LogP contribution is -2.63. The SMILES string of the molecule is CCCCC(Cc1cc(C(C)(C)C)c(O)c(C(C)(C)C)c1)(C(=O)OC1CC(C)(C)N(C)C(CC)(CC)C1)C(=O)OC1CC(C)(C)N(C)C(CC)(CC)C1. The number of esters is 2. The minimum Gasteiger partial charge on any atom is -0.507 e. The first kappa shape index (κ1) is 45.3. The number of phenols is 1. The van der Waals surface area contributed by atoms with Crippen molar-refractivity contribution in [2.75, 3.05) is 14.1 Å². The van der Waals surface area contributed by atoms with Crippen molar-refractivity contribution in [2.45, 2.75) is 226 Å². The second kappa shape index (κ2) is 16.2. The summed E-state index contributed by atoms with van der Waals surface area (Å²) in [5, 5.41) is 11.6. The normalized spacial score (nSPS) is 24.3. The molecule has 2 atom stereocenters. The Morgan fingerprint density at radius 2 is 1.06 bits per heavy atom. The number of carbonyl (C=O) groups excluding carboxylic acids is 2. The quantitative estimate of drug-likeness (QED) is 0.159. The van der Waals surface area contributed by atoms with E-state index in [1.165, 1.54) is 0 Å². The molecule has 304 valence electrons. The van der Waals surface area contributed by atoms with Crippen molar-refractivity contribution in [3.05, 3.63) is 28.8 Å². The second-order valence-electron chi connectivity index (χ2n) is 20.4. The monoisotopic (exact) mass is 741 g/mol. The number of benzene rings is 1. The molecule has 2 unspecified atom stereocenters. The summed E-state index contributed by atoms with van der Waals surface area (Å²) in [7, 11) is 4.40. The van der Waals surface area contributed by atoms with E-state index in [0.29, 0.717) is 25.7 Å². The fourth-order valence-electron chi connectivity index (χ4n) is 9.95. The van der Waals surface area contributed by atoms with Gasteiger partial charge in [-0.05, 0) is 108 Å². The molecule has 0 bridgehead atoms. The number of piperidine rings is 2. The summed E-state index contributed by atoms with van der Waals surface area (Å²) >= 11 is 0. The highest BCUT2D eigenvalue weighted by Crippen LogP contribution is 2.47. The van der Waals surface area contributed by atoms with Crippen LogP contribution in [-0.4, -0.2) is 75.3 Å². The molecule has 1 N–H and O–H groups in total. The molecular weight excluding hydrogens is 661 g/mol. The molecule has 7 nitrogen and oxygen atoms in total. The zero-order valence-corrected chi connectivity index (χ0v) is 37.3. The zero-order chi connectivity index (χ0) is 40.6. The van der Waals surface area contributed by atoms with Crippen molar-refractivity contribution >= 4 is 11.9 Å². The lowest BCUT2D eigenvalue weighted by Gasteiger charge is -2.56. The zero-order valence-electron chi connectivity index (χ0n) is 37.3. The average Bonchev–Trinajstić information content (AvgIpc) is 3.05. The molecule has 2 heterocycles. The number of aromatic hydroxyl groups is 1. The summed E-state index contributed by atoms with van der Waals surface area (Å²) in [4.78, 5) is 35.5. The molecule has 2 aliphatic heterocycles. The molecule has 0 amide bonds. The van der Waals surface area contributed by atoms with Crippen LogP contribution >= 0.6 is 0 Å². The second-order valence-corrected chi connectivity index (χ2v) is 20.4. The molecule has 0 radical (unpaired) electrons. The van der Waals surface area contributed by atoms with Crippen LogP contribution in [0.5, 0.6) is 5.75 Å². The van der Waals surface area contributed by atoms with Gasteiger partial charge in [0.25, 0.3) is 0 Å². The van der Waals surface area contributed by atoms with Crippen LogP contribution in [0.1, 0.15) is 191 Å². The van der Waals surface area contributed by atoms with Crippen molar-refractivity contribution in [1.82, 2.24) is 9.80 Å². The van der Waals surface area contributed by atoms with Crippen molar-refractivity contribution in [2.24, 2.45) is 5.41 Å². The van der Waals surface area contributed by atoms with Gasteiger partial charge in [0.05, 0.1) is 0 Å². The van der Waals surface area contributed by atoms with Crippen LogP contribution in [0.4, 0.5) is 0 Å². The van der Waals surface area contributed by atoms with Crippen LogP contribution in [0, 0.1) is 5.41 Å². The Morgan fingerprint density at radius 1 is 0.698 bits per heavy atom. The van der Waals surface area contributed by atoms with E-state index in [4.69, 9.17) is 9.47 Å². The number of likely N-dealkylation sites (tertiary alicyclic amines) is 2. The summed E-state index contributed by atoms with van der Waals surface area (Å²) in [6.45, 7) is 32.5. The van der Waals surface area contributed by atoms with E-state index in [0.717, 1.165) is 61.6 Å². The third-order valence-electron chi connectivity index (χ3n) is 14.1. The predicted octanol–water partition coefficient (Wildman–Crippen LogP) is 10.7. The Kier molecular flexibility index (Phi) is 13.8. The van der Waals surface area contributed by atoms with Crippen LogP contribution < -0.4 is 0 Å². The molecule has 0 aliphatic carbocycles. The third kappa shape index (κ3) is 9.14. The molecule has 7 heteroatoms. The number of unbranched alkanes of at least 4 members (excludes halogenated alkanes) is 1. The minimum atomic E-state index is -1.54. The van der Waals surface area contributed by atoms with Crippen LogP contribution in [0.25, 0.3) is 0 Å². The fraction of sp³-hybridized carbons (Fsp3) is 0.826. The van der Waals surface area contributed by atoms with E-state index in [-0.39, 0.29) is 57.4 Å². The van der Waals surface area contributed by atoms with Gasteiger partial charge in [0.1, 0.15) is 18.0 Å². The minimum absolute atomic E-state index is 0.108. The van der Waals surface area contributed by atoms with Crippen molar-refractivity contribution in [3.63, 3.8) is 0 Å². The van der Waals surface area contributed by atoms with E-state index >= 15 is 9.59 Å². The Morgan fingerprint density at radius 3 is 1.36 bits per heavy atom. The number of rotatable bonds is 13. The number of hydrogen-bond donors (Lipinski definition) is 1. The van der Waals surface area contributed by atoms with Gasteiger partial charge in [-0.15, -0.1) is 0 Å². The van der Waals surface area contributed by atoms with Crippen LogP contribution in [-0.2, 0) is 36.3 Å². The molecule has 53 heavy (non-hydrogen) atoms. The maximum Gasteiger partial charge on any atom is 0.324 e. The van der Waals surface area contributed by atoms with Gasteiger partial charge in [0.15, 0.2) is 5.41 Å². The Hall–Kier alpha value is -2.12. The highest BCUT2D eigenvalue weighted by atomic mass is 16.6. The first-order valence-electron chi connectivity index (χ1n) is 21.0. The van der Waals surface area contributed by atoms with E-state index in [2.05, 4.69) is 128 Å². The summed E-state index contributed by atoms with van der Waals surface area (Å²) in [5.41, 5.74) is -0.385. The Balaban J connectivity index is 2.24. The van der Waals surface area contributed by atoms with Gasteiger partial charge in [0.2, 0.25) is 0 Å². The lowest BCUT2D eigenvalue weighted by atomic mass is 9.72. The van der Waals surface area contributed by atoms with E-state index < -0.39 is 17.4 Å². The number of phenolic OH excluding ortho intramolecular Hbond substituents is 1. The van der Waals surface area contributed by atoms with Crippen molar-refractivity contribution in [3.8, 4) is 5.75 Å². The molecule has 2 saturated heterocycles. The Labute approximate surface area is 325 Å². The first-order chi connectivity index (χ1) is 24.2. The van der Waals surface area contributed by atoms with E-state index in [1.807, 2.05) is 12.1 Å². The molecule has 0 spiro atoms. The highest BCUT2D eigenvalue weighted by molar-refractivity contribution is 6.00. The molecule has 1 aromatic rings. The lowest BCUT2D eigenvalue weighted by molar-refractivity contribution is -0.190. The van der Waals surface area contributed by atoms with Crippen molar-refractivity contribution < 1.29 is 24.2 Å².